The fraction of sp³-hybridized carbons (Fsp3) is 0.545. The van der Waals surface area contributed by atoms with E-state index in [1.807, 2.05) is 115 Å². The van der Waals surface area contributed by atoms with Crippen molar-refractivity contribution in [2.24, 2.45) is 27.8 Å². The first-order valence-electron chi connectivity index (χ1n) is 42.7. The number of thioether (sulfide) groups is 2. The SMILES string of the molecule is C[C@H](OC(=O)[C@@H]1CCCN1C(=O)[C@H](CSSC(C)(C)C)NC(=O)[C@@H](CC(=O)[C@H](CCCCN(C)C)NC(=O)CCC(=O)[C@H](CSSC(C)(C)C)NC(=O)OCc1ccc(N=[N+]=[N-])cc1)Cc1c[nH]c2ccccc12)C(=O)C[C@@H](CCCCNC(=O)[C@@H]1CSCN1C(=O)OCc1ccc(N=[N+]=[N-])cc1)C(=O)N[C@@H](CC(=O)SCc1ccccc1)C(=O)N1CCC[C@H]1C(N)=O. The van der Waals surface area contributed by atoms with Gasteiger partial charge in [-0.2, -0.15) is 0 Å². The number of H-pyrrole nitrogens is 1. The zero-order valence-corrected chi connectivity index (χ0v) is 78.6. The minimum atomic E-state index is -1.54. The number of fused-ring (bicyclic) bond motifs is 1. The van der Waals surface area contributed by atoms with Crippen LogP contribution in [0.1, 0.15) is 167 Å². The van der Waals surface area contributed by atoms with Crippen molar-refractivity contribution in [2.75, 3.05) is 63.4 Å². The molecule has 5 aromatic rings. The smallest absolute Gasteiger partial charge is 0.411 e. The molecule has 40 heteroatoms. The first kappa shape index (κ1) is 103. The van der Waals surface area contributed by atoms with E-state index >= 15 is 14.4 Å². The van der Waals surface area contributed by atoms with Crippen molar-refractivity contribution >= 4 is 171 Å². The second-order valence-corrected chi connectivity index (χ2v) is 42.2. The fourth-order valence-electron chi connectivity index (χ4n) is 14.4. The Morgan fingerprint density at radius 1 is 0.609 bits per heavy atom. The van der Waals surface area contributed by atoms with E-state index in [2.05, 4.69) is 51.6 Å². The number of carbonyl (C=O) groups excluding carboxylic acids is 14. The fourth-order valence-corrected chi connectivity index (χ4v) is 21.3. The highest BCUT2D eigenvalue weighted by molar-refractivity contribution is 8.77. The van der Waals surface area contributed by atoms with E-state index in [1.165, 1.54) is 76.6 Å². The van der Waals surface area contributed by atoms with E-state index < -0.39 is 161 Å². The summed E-state index contributed by atoms with van der Waals surface area (Å²) in [6.45, 7) is 13.9. The first-order valence-corrected chi connectivity index (χ1v) is 49.4. The Bertz CT molecular complexity index is 4760. The van der Waals surface area contributed by atoms with Gasteiger partial charge in [0, 0.05) is 134 Å². The third-order valence-corrected chi connectivity index (χ3v) is 29.8. The molecule has 0 unspecified atom stereocenters. The summed E-state index contributed by atoms with van der Waals surface area (Å²) in [5.74, 6) is -8.95. The van der Waals surface area contributed by atoms with Gasteiger partial charge < -0.3 is 66.2 Å². The zero-order valence-electron chi connectivity index (χ0n) is 73.7. The number of aromatic nitrogens is 1. The number of nitrogens with zero attached hydrogens (tertiary/aromatic N) is 10. The van der Waals surface area contributed by atoms with Gasteiger partial charge in [0.2, 0.25) is 41.4 Å². The largest absolute Gasteiger partial charge is 0.453 e. The number of nitrogens with two attached hydrogens (primary N) is 1. The van der Waals surface area contributed by atoms with Gasteiger partial charge in [-0.1, -0.05) is 210 Å². The van der Waals surface area contributed by atoms with Crippen molar-refractivity contribution in [1.29, 1.82) is 0 Å². The maximum absolute atomic E-state index is 15.5. The number of hydrogen-bond acceptors (Lipinski definition) is 26. The summed E-state index contributed by atoms with van der Waals surface area (Å²) in [6.07, 6.45) is -0.805. The Morgan fingerprint density at radius 3 is 1.82 bits per heavy atom. The molecule has 3 aliphatic heterocycles. The van der Waals surface area contributed by atoms with Crippen molar-refractivity contribution in [1.82, 2.24) is 51.2 Å². The van der Waals surface area contributed by atoms with E-state index in [-0.39, 0.29) is 129 Å². The minimum Gasteiger partial charge on any atom is -0.453 e. The summed E-state index contributed by atoms with van der Waals surface area (Å²) in [5.41, 5.74) is 27.6. The van der Waals surface area contributed by atoms with Gasteiger partial charge in [0.25, 0.3) is 0 Å². The van der Waals surface area contributed by atoms with Crippen molar-refractivity contribution in [3.8, 4) is 0 Å². The Balaban J connectivity index is 0.978. The quantitative estimate of drug-likeness (QED) is 0.00362. The number of aromatic amines is 1. The molecule has 8 N–H and O–H groups in total. The summed E-state index contributed by atoms with van der Waals surface area (Å²) in [5, 5.41) is 21.6. The molecule has 34 nitrogen and oxygen atoms in total. The van der Waals surface area contributed by atoms with E-state index in [0.717, 1.165) is 28.2 Å². The molecule has 4 aromatic carbocycles. The van der Waals surface area contributed by atoms with Crippen molar-refractivity contribution in [2.45, 2.75) is 228 Å². The standard InChI is InChI=1S/C88H117N17O17S6/c1-55(74(107)44-59(23-15-17-39-92-81(114)72-53-123-54-105(72)86(119)121-49-57-31-35-63(36-32-57)99-101-91)79(112)95-67(82(115)103-41-19-27-70(103)78(89)111)46-77(110)124-50-58-21-11-10-12-22-58)122-84(117)71-28-20-42-104(71)83(116)69(52-126-128-88(5,6)7)96-80(113)60(43-61-47-93-65-25-14-13-24-64(61)65)45-75(108)66(26-16-18-40-102(8)9)94-76(109)38-37-73(106)68(51-125-127-87(2,3)4)97-85(118)120-48-56-29-33-62(34-30-56)98-100-90/h10-14,21-22,24-25,29-36,47,55,59-60,66-72,93H,15-20,23,26-28,37-46,48-54H2,1-9H3,(H2,89,111)(H,92,114)(H,94,109)(H,95,112)(H,96,113)(H,97,118)/t55-,59+,60+,66-,67-,68-,69-,70-,71-,72-/m0/s1. The predicted molar refractivity (Wildman–Crippen MR) is 499 cm³/mol. The number of para-hydroxylation sites is 1. The molecule has 692 valence electrons. The average Bonchev–Trinajstić information content (AvgIpc) is 1.68. The van der Waals surface area contributed by atoms with Crippen molar-refractivity contribution < 1.29 is 81.3 Å². The number of esters is 1. The third-order valence-electron chi connectivity index (χ3n) is 21.1. The normalized spacial score (nSPS) is 16.7. The number of unbranched alkanes of at least 4 members (excludes halogenated alkanes) is 2. The van der Waals surface area contributed by atoms with Gasteiger partial charge in [-0.15, -0.1) is 11.8 Å². The molecule has 9 amide bonds. The lowest BCUT2D eigenvalue weighted by Crippen LogP contribution is -2.54. The van der Waals surface area contributed by atoms with Crippen LogP contribution in [0.3, 0.4) is 0 Å². The van der Waals surface area contributed by atoms with Crippen LogP contribution in [0, 0.1) is 11.8 Å². The molecule has 0 bridgehead atoms. The summed E-state index contributed by atoms with van der Waals surface area (Å²) in [4.78, 5) is 215. The van der Waals surface area contributed by atoms with Gasteiger partial charge in [-0.3, -0.25) is 57.6 Å². The van der Waals surface area contributed by atoms with Crippen molar-refractivity contribution in [3.63, 3.8) is 0 Å². The number of ketones is 3. The van der Waals surface area contributed by atoms with Crippen LogP contribution in [0.2, 0.25) is 0 Å². The maximum atomic E-state index is 15.5. The molecule has 3 aliphatic rings. The van der Waals surface area contributed by atoms with Crippen LogP contribution in [0.25, 0.3) is 31.8 Å². The lowest BCUT2D eigenvalue weighted by Gasteiger charge is -2.30. The molecule has 8 rings (SSSR count). The number of Topliss-reactive ketones (excluding diaryl/α,β-unsaturated/α-hetero) is 3. The number of azide groups is 2. The number of rotatable bonds is 50. The second-order valence-electron chi connectivity index (χ2n) is 33.8. The van der Waals surface area contributed by atoms with E-state index in [1.54, 1.807) is 54.7 Å². The summed E-state index contributed by atoms with van der Waals surface area (Å²) >= 11 is 2.28. The molecule has 0 radical (unpaired) electrons. The van der Waals surface area contributed by atoms with Gasteiger partial charge in [-0.25, -0.2) is 14.4 Å². The molecule has 0 saturated carbocycles. The van der Waals surface area contributed by atoms with E-state index in [4.69, 9.17) is 31.0 Å². The molecule has 0 spiro atoms. The first-order chi connectivity index (χ1) is 61.1. The van der Waals surface area contributed by atoms with Crippen LogP contribution in [0.5, 0.6) is 0 Å². The van der Waals surface area contributed by atoms with Crippen LogP contribution in [-0.4, -0.2) is 228 Å². The molecule has 0 aliphatic carbocycles. The monoisotopic (exact) mass is 1880 g/mol. The lowest BCUT2D eigenvalue weighted by molar-refractivity contribution is -0.161. The van der Waals surface area contributed by atoms with Crippen LogP contribution >= 0.6 is 66.7 Å². The Morgan fingerprint density at radius 2 is 1.19 bits per heavy atom. The molecule has 3 saturated heterocycles. The number of hydrogen-bond donors (Lipinski definition) is 7. The van der Waals surface area contributed by atoms with Crippen LogP contribution in [-0.2, 0) is 97.1 Å². The second kappa shape index (κ2) is 52.1. The topological polar surface area (TPSA) is 479 Å². The molecular formula is C88H117N17O17S6. The minimum absolute atomic E-state index is 0.00922. The van der Waals surface area contributed by atoms with Gasteiger partial charge in [0.05, 0.1) is 11.9 Å². The zero-order chi connectivity index (χ0) is 93.0. The number of ether oxygens (including phenoxy) is 3. The number of nitrogens with one attached hydrogen (secondary N) is 6. The summed E-state index contributed by atoms with van der Waals surface area (Å²) < 4.78 is 16.4. The Labute approximate surface area is 770 Å². The number of likely N-dealkylation sites (tertiary alicyclic amines) is 2. The molecule has 4 heterocycles. The van der Waals surface area contributed by atoms with Gasteiger partial charge in [0.15, 0.2) is 28.6 Å². The van der Waals surface area contributed by atoms with Crippen LogP contribution in [0.4, 0.5) is 21.0 Å². The van der Waals surface area contributed by atoms with Crippen molar-refractivity contribution in [3.05, 3.63) is 152 Å². The van der Waals surface area contributed by atoms with E-state index in [0.29, 0.717) is 60.3 Å². The predicted octanol–water partition coefficient (Wildman–Crippen LogP) is 13.2. The average molecular weight is 1880 g/mol. The molecule has 3 fully saturated rings. The number of amides is 9. The molecule has 128 heavy (non-hydrogen) atoms. The lowest BCUT2D eigenvalue weighted by atomic mass is 9.89. The van der Waals surface area contributed by atoms with Gasteiger partial charge in [0.1, 0.15) is 49.5 Å². The van der Waals surface area contributed by atoms with Crippen LogP contribution in [0.15, 0.2) is 120 Å². The highest BCUT2D eigenvalue weighted by Gasteiger charge is 2.44. The number of benzene rings is 4. The molecular weight excluding hydrogens is 1760 g/mol. The van der Waals surface area contributed by atoms with Gasteiger partial charge in [-0.05, 0) is 131 Å². The number of carbonyl (C=O) groups is 14. The Hall–Kier alpha value is -9.92. The Kier molecular flexibility index (Phi) is 42.1. The highest BCUT2D eigenvalue weighted by Crippen LogP contribution is 2.38. The maximum Gasteiger partial charge on any atom is 0.411 e. The summed E-state index contributed by atoms with van der Waals surface area (Å²) in [6, 6.07) is 21.1. The molecule has 1 aromatic heterocycles. The summed E-state index contributed by atoms with van der Waals surface area (Å²) in [7, 11) is 9.45. The highest BCUT2D eigenvalue weighted by atomic mass is 33.1. The number of alkyl carbamates (subject to hydrolysis) is 1. The van der Waals surface area contributed by atoms with E-state index in [9.17, 15) is 52.7 Å². The van der Waals surface area contributed by atoms with Gasteiger partial charge >= 0.3 is 18.2 Å². The molecule has 10 atom stereocenters. The van der Waals surface area contributed by atoms with Crippen LogP contribution < -0.4 is 32.3 Å². The number of primary amides is 1. The third kappa shape index (κ3) is 34.5.